The van der Waals surface area contributed by atoms with Crippen molar-refractivity contribution in [1.82, 2.24) is 10.2 Å². The predicted octanol–water partition coefficient (Wildman–Crippen LogP) is 1.11. The summed E-state index contributed by atoms with van der Waals surface area (Å²) in [5.41, 5.74) is 1.99. The van der Waals surface area contributed by atoms with Gasteiger partial charge in [0.1, 0.15) is 0 Å². The van der Waals surface area contributed by atoms with Gasteiger partial charge in [-0.1, -0.05) is 15.9 Å². The highest BCUT2D eigenvalue weighted by atomic mass is 79.9. The van der Waals surface area contributed by atoms with Gasteiger partial charge < -0.3 is 20.4 Å². The summed E-state index contributed by atoms with van der Waals surface area (Å²) in [5, 5.41) is 6.67. The van der Waals surface area contributed by atoms with Crippen molar-refractivity contribution in [1.29, 1.82) is 0 Å². The van der Waals surface area contributed by atoms with Gasteiger partial charge in [0.2, 0.25) is 5.91 Å². The molecule has 108 valence electrons. The van der Waals surface area contributed by atoms with E-state index in [1.165, 1.54) is 0 Å². The Labute approximate surface area is 127 Å². The van der Waals surface area contributed by atoms with Gasteiger partial charge in [-0.05, 0) is 25.2 Å². The second-order valence-electron chi connectivity index (χ2n) is 5.43. The largest absolute Gasteiger partial charge is 0.374 e. The number of nitrogens with zero attached hydrogens (tertiary/aromatic N) is 2. The topological polar surface area (TPSA) is 47.6 Å². The molecule has 0 aromatic heterocycles. The third-order valence-corrected chi connectivity index (χ3v) is 4.34. The quantitative estimate of drug-likeness (QED) is 0.848. The third-order valence-electron chi connectivity index (χ3n) is 3.84. The molecule has 5 nitrogen and oxygen atoms in total. The van der Waals surface area contributed by atoms with E-state index in [2.05, 4.69) is 38.5 Å². The van der Waals surface area contributed by atoms with Gasteiger partial charge in [-0.3, -0.25) is 4.79 Å². The number of nitrogens with one attached hydrogen (secondary N) is 2. The standard InChI is InChI=1S/C14H19BrN4O/c1-18-5-4-16-11(8-18)9-19-13-3-2-10(15)6-12(13)17-7-14(19)20/h2-3,6,11,16-17H,4-5,7-9H2,1H3. The van der Waals surface area contributed by atoms with Crippen molar-refractivity contribution in [3.63, 3.8) is 0 Å². The molecular weight excluding hydrogens is 320 g/mol. The maximum absolute atomic E-state index is 12.2. The number of amides is 1. The van der Waals surface area contributed by atoms with Crippen LogP contribution in [0, 0.1) is 0 Å². The Morgan fingerprint density at radius 2 is 2.30 bits per heavy atom. The van der Waals surface area contributed by atoms with Crippen LogP contribution in [0.2, 0.25) is 0 Å². The van der Waals surface area contributed by atoms with Crippen LogP contribution in [-0.2, 0) is 4.79 Å². The molecule has 1 fully saturated rings. The molecule has 3 rings (SSSR count). The Balaban J connectivity index is 1.80. The summed E-state index contributed by atoms with van der Waals surface area (Å²) >= 11 is 3.47. The van der Waals surface area contributed by atoms with Crippen LogP contribution in [0.1, 0.15) is 0 Å². The third kappa shape index (κ3) is 2.82. The molecule has 6 heteroatoms. The lowest BCUT2D eigenvalue weighted by atomic mass is 10.1. The van der Waals surface area contributed by atoms with Crippen molar-refractivity contribution in [2.45, 2.75) is 6.04 Å². The summed E-state index contributed by atoms with van der Waals surface area (Å²) in [4.78, 5) is 16.4. The van der Waals surface area contributed by atoms with Crippen LogP contribution in [0.5, 0.6) is 0 Å². The van der Waals surface area contributed by atoms with Crippen LogP contribution >= 0.6 is 15.9 Å². The molecule has 2 heterocycles. The SMILES string of the molecule is CN1CCNC(CN2C(=O)CNc3cc(Br)ccc32)C1. The smallest absolute Gasteiger partial charge is 0.246 e. The van der Waals surface area contributed by atoms with Gasteiger partial charge in [0.15, 0.2) is 0 Å². The van der Waals surface area contributed by atoms with Gasteiger partial charge >= 0.3 is 0 Å². The number of piperazine rings is 1. The van der Waals surface area contributed by atoms with E-state index < -0.39 is 0 Å². The minimum Gasteiger partial charge on any atom is -0.374 e. The molecule has 0 spiro atoms. The predicted molar refractivity (Wildman–Crippen MR) is 84.3 cm³/mol. The average molecular weight is 339 g/mol. The molecule has 1 amide bonds. The molecule has 1 unspecified atom stereocenters. The van der Waals surface area contributed by atoms with E-state index in [9.17, 15) is 4.79 Å². The molecule has 1 atom stereocenters. The van der Waals surface area contributed by atoms with Crippen LogP contribution in [0.4, 0.5) is 11.4 Å². The Hall–Kier alpha value is -1.11. The maximum atomic E-state index is 12.2. The normalized spacial score (nSPS) is 23.4. The molecule has 1 saturated heterocycles. The number of benzene rings is 1. The van der Waals surface area contributed by atoms with E-state index in [1.807, 2.05) is 23.1 Å². The number of fused-ring (bicyclic) bond motifs is 1. The van der Waals surface area contributed by atoms with E-state index in [-0.39, 0.29) is 5.91 Å². The van der Waals surface area contributed by atoms with Gasteiger partial charge in [0.05, 0.1) is 17.9 Å². The number of carbonyl (C=O) groups excluding carboxylic acids is 1. The van der Waals surface area contributed by atoms with E-state index in [1.54, 1.807) is 0 Å². The number of hydrogen-bond donors (Lipinski definition) is 2. The summed E-state index contributed by atoms with van der Waals surface area (Å²) in [5.74, 6) is 0.134. The minimum absolute atomic E-state index is 0.134. The highest BCUT2D eigenvalue weighted by Crippen LogP contribution is 2.32. The molecule has 1 aromatic carbocycles. The molecule has 2 N–H and O–H groups in total. The molecule has 0 saturated carbocycles. The molecule has 2 aliphatic heterocycles. The zero-order valence-corrected chi connectivity index (χ0v) is 13.1. The van der Waals surface area contributed by atoms with Crippen LogP contribution < -0.4 is 15.5 Å². The Bertz CT molecular complexity index is 522. The molecule has 20 heavy (non-hydrogen) atoms. The van der Waals surface area contributed by atoms with Crippen molar-refractivity contribution in [3.8, 4) is 0 Å². The lowest BCUT2D eigenvalue weighted by molar-refractivity contribution is -0.117. The van der Waals surface area contributed by atoms with Crippen molar-refractivity contribution in [3.05, 3.63) is 22.7 Å². The van der Waals surface area contributed by atoms with Crippen molar-refractivity contribution >= 4 is 33.2 Å². The average Bonchev–Trinajstić information content (AvgIpc) is 2.42. The Morgan fingerprint density at radius 3 is 3.10 bits per heavy atom. The van der Waals surface area contributed by atoms with E-state index in [0.29, 0.717) is 12.6 Å². The molecule has 0 aliphatic carbocycles. The second kappa shape index (κ2) is 5.71. The summed E-state index contributed by atoms with van der Waals surface area (Å²) in [6, 6.07) is 6.32. The van der Waals surface area contributed by atoms with Gasteiger partial charge in [-0.2, -0.15) is 0 Å². The van der Waals surface area contributed by atoms with Crippen LogP contribution in [0.15, 0.2) is 22.7 Å². The van der Waals surface area contributed by atoms with Crippen LogP contribution in [0.25, 0.3) is 0 Å². The van der Waals surface area contributed by atoms with Gasteiger partial charge in [-0.15, -0.1) is 0 Å². The fraction of sp³-hybridized carbons (Fsp3) is 0.500. The second-order valence-corrected chi connectivity index (χ2v) is 6.35. The van der Waals surface area contributed by atoms with Gasteiger partial charge in [-0.25, -0.2) is 0 Å². The number of likely N-dealkylation sites (N-methyl/N-ethyl adjacent to an activating group) is 1. The lowest BCUT2D eigenvalue weighted by Gasteiger charge is -2.37. The van der Waals surface area contributed by atoms with E-state index in [4.69, 9.17) is 0 Å². The van der Waals surface area contributed by atoms with E-state index >= 15 is 0 Å². The van der Waals surface area contributed by atoms with Crippen molar-refractivity contribution < 1.29 is 4.79 Å². The molecule has 1 aromatic rings. The molecule has 0 radical (unpaired) electrons. The fourth-order valence-corrected chi connectivity index (χ4v) is 3.18. The van der Waals surface area contributed by atoms with Gasteiger partial charge in [0, 0.05) is 36.7 Å². The number of carbonyl (C=O) groups is 1. The molecule has 2 aliphatic rings. The summed E-state index contributed by atoms with van der Waals surface area (Å²) in [6.07, 6.45) is 0. The van der Waals surface area contributed by atoms with Crippen LogP contribution in [0.3, 0.4) is 0 Å². The lowest BCUT2D eigenvalue weighted by Crippen LogP contribution is -2.56. The zero-order chi connectivity index (χ0) is 14.1. The number of halogens is 1. The van der Waals surface area contributed by atoms with Crippen molar-refractivity contribution in [2.75, 3.05) is 50.0 Å². The minimum atomic E-state index is 0.134. The first kappa shape index (κ1) is 13.9. The molecular formula is C14H19BrN4O. The maximum Gasteiger partial charge on any atom is 0.246 e. The first-order valence-electron chi connectivity index (χ1n) is 6.89. The zero-order valence-electron chi connectivity index (χ0n) is 11.5. The number of anilines is 2. The first-order chi connectivity index (χ1) is 9.63. The summed E-state index contributed by atoms with van der Waals surface area (Å²) in [7, 11) is 2.12. The highest BCUT2D eigenvalue weighted by Gasteiger charge is 2.27. The van der Waals surface area contributed by atoms with E-state index in [0.717, 1.165) is 42.0 Å². The summed E-state index contributed by atoms with van der Waals surface area (Å²) in [6.45, 7) is 4.11. The monoisotopic (exact) mass is 338 g/mol. The molecule has 0 bridgehead atoms. The fourth-order valence-electron chi connectivity index (χ4n) is 2.82. The van der Waals surface area contributed by atoms with Crippen LogP contribution in [-0.4, -0.2) is 56.6 Å². The Morgan fingerprint density at radius 1 is 1.45 bits per heavy atom. The van der Waals surface area contributed by atoms with Gasteiger partial charge in [0.25, 0.3) is 0 Å². The highest BCUT2D eigenvalue weighted by molar-refractivity contribution is 9.10. The first-order valence-corrected chi connectivity index (χ1v) is 7.68. The summed E-state index contributed by atoms with van der Waals surface area (Å²) < 4.78 is 1.02. The number of hydrogen-bond acceptors (Lipinski definition) is 4. The van der Waals surface area contributed by atoms with Crippen molar-refractivity contribution in [2.24, 2.45) is 0 Å². The Kier molecular flexibility index (Phi) is 3.96. The number of rotatable bonds is 2.